The normalized spacial score (nSPS) is 10.4. The Morgan fingerprint density at radius 1 is 1.53 bits per heavy atom. The Morgan fingerprint density at radius 3 is 2.67 bits per heavy atom. The second kappa shape index (κ2) is 5.24. The summed E-state index contributed by atoms with van der Waals surface area (Å²) in [6, 6.07) is 2.86. The smallest absolute Gasteiger partial charge is 0.240 e. The third-order valence-electron chi connectivity index (χ3n) is 1.83. The van der Waals surface area contributed by atoms with Crippen LogP contribution in [0.4, 0.5) is 8.78 Å². The molecule has 0 aliphatic carbocycles. The van der Waals surface area contributed by atoms with Crippen LogP contribution in [0.5, 0.6) is 0 Å². The number of rotatable bonds is 3. The predicted molar refractivity (Wildman–Crippen MR) is 53.1 cm³/mol. The monoisotopic (exact) mass is 250 g/mol. The van der Waals surface area contributed by atoms with Gasteiger partial charge in [0, 0.05) is 5.56 Å². The molecule has 0 aromatic carbocycles. The third-order valence-corrected chi connectivity index (χ3v) is 2.28. The summed E-state index contributed by atoms with van der Waals surface area (Å²) in [6.07, 6.45) is -2.83. The van der Waals surface area contributed by atoms with Crippen LogP contribution in [0.3, 0.4) is 0 Å². The summed E-state index contributed by atoms with van der Waals surface area (Å²) >= 11 is 11.1. The summed E-state index contributed by atoms with van der Waals surface area (Å²) in [7, 11) is 0. The highest BCUT2D eigenvalue weighted by molar-refractivity contribution is 6.29. The van der Waals surface area contributed by atoms with Gasteiger partial charge in [0.15, 0.2) is 0 Å². The van der Waals surface area contributed by atoms with Crippen molar-refractivity contribution in [1.82, 2.24) is 4.98 Å². The molecule has 6 heteroatoms. The molecule has 1 rings (SSSR count). The number of hydrogen-bond donors (Lipinski definition) is 0. The SMILES string of the molecule is N#CCc1c(C(F)F)cc(Cl)nc1CCl. The first-order valence-electron chi connectivity index (χ1n) is 3.99. The van der Waals surface area contributed by atoms with Crippen LogP contribution >= 0.6 is 23.2 Å². The van der Waals surface area contributed by atoms with Gasteiger partial charge in [-0.25, -0.2) is 13.8 Å². The largest absolute Gasteiger partial charge is 0.264 e. The van der Waals surface area contributed by atoms with E-state index in [0.29, 0.717) is 0 Å². The number of nitriles is 1. The fourth-order valence-electron chi connectivity index (χ4n) is 1.20. The fourth-order valence-corrected chi connectivity index (χ4v) is 1.64. The standard InChI is InChI=1S/C9H6Cl2F2N2/c10-4-7-5(1-2-14)6(9(12)13)3-8(11)15-7/h3,9H,1,4H2. The Morgan fingerprint density at radius 2 is 2.20 bits per heavy atom. The Labute approximate surface area is 95.4 Å². The van der Waals surface area contributed by atoms with Crippen molar-refractivity contribution in [2.75, 3.05) is 0 Å². The molecule has 0 amide bonds. The molecule has 0 spiro atoms. The molecular formula is C9H6Cl2F2N2. The molecule has 80 valence electrons. The molecule has 1 heterocycles. The number of pyridine rings is 1. The average Bonchev–Trinajstić information content (AvgIpc) is 2.19. The second-order valence-corrected chi connectivity index (χ2v) is 3.38. The van der Waals surface area contributed by atoms with Crippen molar-refractivity contribution in [3.05, 3.63) is 28.0 Å². The lowest BCUT2D eigenvalue weighted by molar-refractivity contribution is 0.150. The Kier molecular flexibility index (Phi) is 4.25. The maximum absolute atomic E-state index is 12.6. The number of nitrogens with zero attached hydrogens (tertiary/aromatic N) is 2. The molecule has 0 atom stereocenters. The van der Waals surface area contributed by atoms with Crippen molar-refractivity contribution < 1.29 is 8.78 Å². The van der Waals surface area contributed by atoms with Gasteiger partial charge in [-0.1, -0.05) is 11.6 Å². The molecule has 1 aromatic heterocycles. The van der Waals surface area contributed by atoms with E-state index < -0.39 is 6.43 Å². The van der Waals surface area contributed by atoms with Crippen molar-refractivity contribution in [3.8, 4) is 6.07 Å². The average molecular weight is 251 g/mol. The molecule has 15 heavy (non-hydrogen) atoms. The van der Waals surface area contributed by atoms with Crippen LogP contribution in [-0.4, -0.2) is 4.98 Å². The minimum Gasteiger partial charge on any atom is -0.240 e. The first kappa shape index (κ1) is 12.2. The van der Waals surface area contributed by atoms with E-state index in [1.54, 1.807) is 6.07 Å². The van der Waals surface area contributed by atoms with Crippen LogP contribution in [-0.2, 0) is 12.3 Å². The van der Waals surface area contributed by atoms with Gasteiger partial charge in [0.2, 0.25) is 0 Å². The molecular weight excluding hydrogens is 245 g/mol. The van der Waals surface area contributed by atoms with E-state index in [-0.39, 0.29) is 34.3 Å². The van der Waals surface area contributed by atoms with Crippen LogP contribution in [0.1, 0.15) is 23.2 Å². The van der Waals surface area contributed by atoms with Gasteiger partial charge in [0.05, 0.1) is 24.1 Å². The molecule has 0 saturated carbocycles. The van der Waals surface area contributed by atoms with Gasteiger partial charge in [-0.2, -0.15) is 5.26 Å². The van der Waals surface area contributed by atoms with Gasteiger partial charge in [0.1, 0.15) is 5.15 Å². The van der Waals surface area contributed by atoms with Crippen LogP contribution in [0, 0.1) is 11.3 Å². The van der Waals surface area contributed by atoms with Gasteiger partial charge >= 0.3 is 0 Å². The lowest BCUT2D eigenvalue weighted by Gasteiger charge is -2.10. The van der Waals surface area contributed by atoms with Crippen molar-refractivity contribution in [1.29, 1.82) is 5.26 Å². The summed E-state index contributed by atoms with van der Waals surface area (Å²) < 4.78 is 25.2. The highest BCUT2D eigenvalue weighted by atomic mass is 35.5. The zero-order valence-electron chi connectivity index (χ0n) is 7.48. The number of halogens is 4. The maximum atomic E-state index is 12.6. The number of hydrogen-bond acceptors (Lipinski definition) is 2. The third kappa shape index (κ3) is 2.77. The summed E-state index contributed by atoms with van der Waals surface area (Å²) in [5.74, 6) is -0.0444. The predicted octanol–water partition coefficient (Wildman–Crippen LogP) is 3.48. The number of aromatic nitrogens is 1. The van der Waals surface area contributed by atoms with Gasteiger partial charge in [-0.3, -0.25) is 0 Å². The van der Waals surface area contributed by atoms with E-state index in [1.807, 2.05) is 0 Å². The maximum Gasteiger partial charge on any atom is 0.264 e. The molecule has 0 unspecified atom stereocenters. The lowest BCUT2D eigenvalue weighted by atomic mass is 10.0. The Hall–Kier alpha value is -0.920. The minimum atomic E-state index is -2.68. The molecule has 0 fully saturated rings. The highest BCUT2D eigenvalue weighted by Crippen LogP contribution is 2.28. The minimum absolute atomic E-state index is 0.0392. The van der Waals surface area contributed by atoms with Crippen LogP contribution in [0.15, 0.2) is 6.07 Å². The first-order valence-corrected chi connectivity index (χ1v) is 4.90. The van der Waals surface area contributed by atoms with Crippen molar-refractivity contribution in [2.24, 2.45) is 0 Å². The van der Waals surface area contributed by atoms with E-state index in [9.17, 15) is 8.78 Å². The van der Waals surface area contributed by atoms with Crippen molar-refractivity contribution >= 4 is 23.2 Å². The molecule has 0 bridgehead atoms. The summed E-state index contributed by atoms with van der Waals surface area (Å²) in [4.78, 5) is 3.80. The molecule has 0 radical (unpaired) electrons. The van der Waals surface area contributed by atoms with E-state index in [4.69, 9.17) is 28.5 Å². The van der Waals surface area contributed by atoms with Gasteiger partial charge in [-0.05, 0) is 11.6 Å². The van der Waals surface area contributed by atoms with Gasteiger partial charge < -0.3 is 0 Å². The van der Waals surface area contributed by atoms with Crippen LogP contribution < -0.4 is 0 Å². The van der Waals surface area contributed by atoms with E-state index in [2.05, 4.69) is 4.98 Å². The fraction of sp³-hybridized carbons (Fsp3) is 0.333. The molecule has 1 aromatic rings. The molecule has 0 aliphatic heterocycles. The second-order valence-electron chi connectivity index (χ2n) is 2.73. The molecule has 0 aliphatic rings. The summed E-state index contributed by atoms with van der Waals surface area (Å²) in [5, 5.41) is 8.48. The Bertz CT molecular complexity index is 402. The van der Waals surface area contributed by atoms with E-state index in [1.165, 1.54) is 0 Å². The highest BCUT2D eigenvalue weighted by Gasteiger charge is 2.18. The van der Waals surface area contributed by atoms with Gasteiger partial charge in [0.25, 0.3) is 6.43 Å². The van der Waals surface area contributed by atoms with Crippen LogP contribution in [0.2, 0.25) is 5.15 Å². The molecule has 0 N–H and O–H groups in total. The lowest BCUT2D eigenvalue weighted by Crippen LogP contribution is -2.02. The zero-order valence-corrected chi connectivity index (χ0v) is 8.99. The van der Waals surface area contributed by atoms with Crippen LogP contribution in [0.25, 0.3) is 0 Å². The number of alkyl halides is 3. The topological polar surface area (TPSA) is 36.7 Å². The van der Waals surface area contributed by atoms with E-state index >= 15 is 0 Å². The first-order chi connectivity index (χ1) is 7.10. The quantitative estimate of drug-likeness (QED) is 0.609. The summed E-state index contributed by atoms with van der Waals surface area (Å²) in [6.45, 7) is 0. The van der Waals surface area contributed by atoms with E-state index in [0.717, 1.165) is 6.07 Å². The molecule has 0 saturated heterocycles. The Balaban J connectivity index is 3.34. The summed E-state index contributed by atoms with van der Waals surface area (Å²) in [5.41, 5.74) is 0.139. The van der Waals surface area contributed by atoms with Gasteiger partial charge in [-0.15, -0.1) is 11.6 Å². The van der Waals surface area contributed by atoms with Crippen molar-refractivity contribution in [3.63, 3.8) is 0 Å². The van der Waals surface area contributed by atoms with Crippen molar-refractivity contribution in [2.45, 2.75) is 18.7 Å². The molecule has 2 nitrogen and oxygen atoms in total. The zero-order chi connectivity index (χ0) is 11.4.